The van der Waals surface area contributed by atoms with E-state index in [1.807, 2.05) is 155 Å². The fraction of sp³-hybridized carbons (Fsp3) is 0.262. The summed E-state index contributed by atoms with van der Waals surface area (Å²) in [6.07, 6.45) is 1.25. The Morgan fingerprint density at radius 1 is 0.634 bits per heavy atom. The number of benzene rings is 6. The van der Waals surface area contributed by atoms with Crippen LogP contribution in [0.4, 0.5) is 11.4 Å². The minimum Gasteiger partial charge on any atom is -0.545 e. The maximum Gasteiger partial charge on any atom is 0.363 e. The number of imide groups is 1. The van der Waals surface area contributed by atoms with Gasteiger partial charge in [-0.1, -0.05) is 25.5 Å². The molecule has 4 N–H and O–H groups in total. The van der Waals surface area contributed by atoms with Crippen LogP contribution < -0.4 is 56.4 Å². The van der Waals surface area contributed by atoms with E-state index in [-0.39, 0.29) is 41.7 Å². The summed E-state index contributed by atoms with van der Waals surface area (Å²) in [6, 6.07) is 31.2. The first kappa shape index (κ1) is 58.4. The lowest BCUT2D eigenvalue weighted by atomic mass is 9.89. The topological polar surface area (TPSA) is 276 Å². The third-order valence-electron chi connectivity index (χ3n) is 13.8. The maximum atomic E-state index is 13.3. The van der Waals surface area contributed by atoms with E-state index in [2.05, 4.69) is 15.5 Å². The van der Waals surface area contributed by atoms with Crippen molar-refractivity contribution in [3.8, 4) is 44.9 Å². The Morgan fingerprint density at radius 3 is 1.54 bits per heavy atom. The van der Waals surface area contributed by atoms with Gasteiger partial charge < -0.3 is 53.9 Å². The largest absolute Gasteiger partial charge is 0.545 e. The number of nitrogens with two attached hydrogens (primary N) is 1. The van der Waals surface area contributed by atoms with Crippen molar-refractivity contribution in [3.63, 3.8) is 0 Å². The Hall–Kier alpha value is -9.73. The predicted molar refractivity (Wildman–Crippen MR) is 304 cm³/mol. The number of nitrogens with zero attached hydrogens (tertiary/aromatic N) is 5. The van der Waals surface area contributed by atoms with Crippen LogP contribution in [0.25, 0.3) is 66.8 Å². The van der Waals surface area contributed by atoms with E-state index in [1.54, 1.807) is 12.1 Å². The first-order valence-electron chi connectivity index (χ1n) is 26.2. The zero-order valence-electron chi connectivity index (χ0n) is 46.8. The predicted octanol–water partition coefficient (Wildman–Crippen LogP) is 3.81. The van der Waals surface area contributed by atoms with Gasteiger partial charge in [-0.15, -0.1) is 5.06 Å². The summed E-state index contributed by atoms with van der Waals surface area (Å²) < 4.78 is 16.5. The minimum absolute atomic E-state index is 0.0559. The fourth-order valence-corrected chi connectivity index (χ4v) is 9.49. The van der Waals surface area contributed by atoms with Gasteiger partial charge in [0.15, 0.2) is 0 Å². The van der Waals surface area contributed by atoms with Crippen molar-refractivity contribution in [2.45, 2.75) is 45.2 Å². The molecule has 5 aliphatic rings. The zero-order valence-corrected chi connectivity index (χ0v) is 46.8. The van der Waals surface area contributed by atoms with Crippen molar-refractivity contribution in [2.75, 3.05) is 72.8 Å². The van der Waals surface area contributed by atoms with Gasteiger partial charge in [-0.2, -0.15) is 0 Å². The molecule has 3 aliphatic heterocycles. The number of carboxylic acids is 2. The number of aromatic carboxylic acids is 2. The van der Waals surface area contributed by atoms with Crippen molar-refractivity contribution in [1.29, 1.82) is 0 Å². The number of carbonyl (C=O) groups is 7. The number of unbranched alkanes of at least 4 members (excludes halogenated alkanes) is 1. The van der Waals surface area contributed by atoms with Crippen molar-refractivity contribution in [2.24, 2.45) is 5.90 Å². The van der Waals surface area contributed by atoms with Gasteiger partial charge in [0, 0.05) is 126 Å². The molecule has 0 radical (unpaired) electrons. The highest BCUT2D eigenvalue weighted by Gasteiger charge is 2.34. The van der Waals surface area contributed by atoms with Gasteiger partial charge in [0.1, 0.15) is 63.6 Å². The molecule has 0 spiro atoms. The highest BCUT2D eigenvalue weighted by atomic mass is 16.7. The molecule has 4 aromatic rings. The van der Waals surface area contributed by atoms with E-state index in [1.165, 1.54) is 18.2 Å². The quantitative estimate of drug-likeness (QED) is 0.0408. The van der Waals surface area contributed by atoms with Gasteiger partial charge in [-0.05, 0) is 84.6 Å². The molecule has 1 fully saturated rings. The molecule has 21 nitrogen and oxygen atoms in total. The first-order valence-corrected chi connectivity index (χ1v) is 26.2. The van der Waals surface area contributed by atoms with Gasteiger partial charge in [-0.3, -0.25) is 24.0 Å². The smallest absolute Gasteiger partial charge is 0.363 e. The van der Waals surface area contributed by atoms with Gasteiger partial charge in [0.25, 0.3) is 17.7 Å². The van der Waals surface area contributed by atoms with Crippen LogP contribution >= 0.6 is 0 Å². The summed E-state index contributed by atoms with van der Waals surface area (Å²) in [5, 5.41) is 33.9. The third kappa shape index (κ3) is 12.5. The second-order valence-electron chi connectivity index (χ2n) is 20.4. The lowest BCUT2D eigenvalue weighted by Gasteiger charge is -2.22. The van der Waals surface area contributed by atoms with Crippen LogP contribution in [0, 0.1) is 0 Å². The molecule has 21 heteroatoms. The zero-order chi connectivity index (χ0) is 59.3. The van der Waals surface area contributed by atoms with Crippen LogP contribution in [0.2, 0.25) is 0 Å². The lowest BCUT2D eigenvalue weighted by molar-refractivity contribution is -0.256. The van der Waals surface area contributed by atoms with Crippen LogP contribution in [0.5, 0.6) is 0 Å². The van der Waals surface area contributed by atoms with E-state index in [4.69, 9.17) is 19.6 Å². The molecular formula is C61H62N8O13. The van der Waals surface area contributed by atoms with Crippen LogP contribution in [-0.2, 0) is 24.1 Å². The van der Waals surface area contributed by atoms with E-state index in [9.17, 15) is 43.8 Å². The molecule has 0 aromatic heterocycles. The van der Waals surface area contributed by atoms with Gasteiger partial charge in [-0.25, -0.2) is 19.8 Å². The van der Waals surface area contributed by atoms with Gasteiger partial charge in [0.05, 0.1) is 29.6 Å². The highest BCUT2D eigenvalue weighted by molar-refractivity contribution is 6.11. The van der Waals surface area contributed by atoms with Crippen molar-refractivity contribution < 1.29 is 62.3 Å². The van der Waals surface area contributed by atoms with Crippen molar-refractivity contribution >= 4 is 74.8 Å². The second-order valence-corrected chi connectivity index (χ2v) is 20.4. The van der Waals surface area contributed by atoms with Crippen LogP contribution in [0.1, 0.15) is 80.5 Å². The molecule has 82 heavy (non-hydrogen) atoms. The fourth-order valence-electron chi connectivity index (χ4n) is 9.49. The molecular weight excluding hydrogens is 1050 g/mol. The summed E-state index contributed by atoms with van der Waals surface area (Å²) in [7, 11) is 15.3. The minimum atomic E-state index is -1.51. The standard InChI is InChI=1S/C32H37N5O6.C29H25N3O7/c1-6-7-8-28(34-29(38)18-42-33)35-31(39)19-9-12-22(25(15-19)32(40)41)30-23-13-10-20(36(2)3)16-26(23)43-27-17-21(37(4)5)11-14-24(27)30;1-30(2)17-6-9-20-23(14-17)38-24-15-18(31(3)4)7-10-21(24)27(20)19-8-5-16(13-22(19)28(35)36)29(37)39-32-25(33)11-12-26(32)34/h9-17,28H,6-8,18,33H2,1-5H3,(H2-,34,35,38,39,40,41);5-10,13-15H,11-12H2,1-4H3. The Bertz CT molecular complexity index is 3930. The Balaban J connectivity index is 0.000000216. The highest BCUT2D eigenvalue weighted by Crippen LogP contribution is 2.44. The molecule has 2 aliphatic carbocycles. The normalized spacial score (nSPS) is 12.5. The molecule has 4 aromatic carbocycles. The number of hydrogen-bond acceptors (Lipinski definition) is 16. The van der Waals surface area contributed by atoms with Gasteiger partial charge in [0.2, 0.25) is 16.6 Å². The number of anilines is 2. The Kier molecular flexibility index (Phi) is 17.6. The Morgan fingerprint density at radius 2 is 1.10 bits per heavy atom. The molecule has 424 valence electrons. The number of amides is 4. The maximum absolute atomic E-state index is 13.3. The van der Waals surface area contributed by atoms with E-state index in [0.717, 1.165) is 41.0 Å². The molecule has 1 atom stereocenters. The average Bonchev–Trinajstić information content (AvgIpc) is 1.91. The number of nitrogens with one attached hydrogen (secondary N) is 2. The molecule has 4 amide bonds. The van der Waals surface area contributed by atoms with Crippen molar-refractivity contribution in [1.82, 2.24) is 24.8 Å². The SMILES string of the molecule is CCCCC(NC(=O)CON)NC(=O)c1ccc(-c2c3ccc(=[N+](C)C)cc-3oc3cc(N(C)C)ccc23)c(C(=O)[O-])c1.CN(C)c1ccc2c(-c3ccc(C(=O)ON4C(=O)CCC4=O)cc3C(=O)[O-])c3ccc(=[N+](C)C)cc-3oc2c1. The monoisotopic (exact) mass is 1110 g/mol. The summed E-state index contributed by atoms with van der Waals surface area (Å²) in [4.78, 5) is 99.9. The molecule has 0 saturated carbocycles. The summed E-state index contributed by atoms with van der Waals surface area (Å²) in [5.74, 6) is -0.166. The molecule has 1 unspecified atom stereocenters. The number of rotatable bonds is 16. The lowest BCUT2D eigenvalue weighted by Crippen LogP contribution is -2.49. The van der Waals surface area contributed by atoms with Crippen LogP contribution in [0.3, 0.4) is 0 Å². The number of fused-ring (bicyclic) bond motifs is 4. The Labute approximate surface area is 471 Å². The number of hydroxylamine groups is 2. The summed E-state index contributed by atoms with van der Waals surface area (Å²) in [5.41, 5.74) is 5.77. The molecule has 3 heterocycles. The van der Waals surface area contributed by atoms with E-state index < -0.39 is 47.7 Å². The van der Waals surface area contributed by atoms with E-state index >= 15 is 0 Å². The van der Waals surface area contributed by atoms with E-state index in [0.29, 0.717) is 78.3 Å². The summed E-state index contributed by atoms with van der Waals surface area (Å²) in [6.45, 7) is 1.63. The summed E-state index contributed by atoms with van der Waals surface area (Å²) >= 11 is 0. The number of carboxylic acid groups (broad SMARTS) is 2. The first-order chi connectivity index (χ1) is 39.1. The molecule has 0 bridgehead atoms. The van der Waals surface area contributed by atoms with Gasteiger partial charge >= 0.3 is 5.97 Å². The average molecular weight is 1120 g/mol. The second kappa shape index (κ2) is 24.7. The third-order valence-corrected chi connectivity index (χ3v) is 13.8. The molecule has 1 saturated heterocycles. The van der Waals surface area contributed by atoms with Crippen LogP contribution in [-0.4, -0.2) is 116 Å². The number of hydrogen-bond donors (Lipinski definition) is 3. The van der Waals surface area contributed by atoms with Crippen molar-refractivity contribution in [3.05, 3.63) is 142 Å². The van der Waals surface area contributed by atoms with Crippen LogP contribution in [0.15, 0.2) is 118 Å². The number of carbonyl (C=O) groups excluding carboxylic acids is 7. The molecule has 9 rings (SSSR count).